The van der Waals surface area contributed by atoms with E-state index in [1.54, 1.807) is 22.6 Å². The van der Waals surface area contributed by atoms with E-state index >= 15 is 0 Å². The van der Waals surface area contributed by atoms with Crippen LogP contribution in [-0.2, 0) is 17.1 Å². The number of anilines is 1. The molecule has 1 aliphatic heterocycles. The summed E-state index contributed by atoms with van der Waals surface area (Å²) in [6.45, 7) is 3.58. The summed E-state index contributed by atoms with van der Waals surface area (Å²) < 4.78 is 30.1. The predicted molar refractivity (Wildman–Crippen MR) is 105 cm³/mol. The van der Waals surface area contributed by atoms with Gasteiger partial charge < -0.3 is 14.8 Å². The minimum atomic E-state index is -3.61. The molecule has 26 heavy (non-hydrogen) atoms. The summed E-state index contributed by atoms with van der Waals surface area (Å²) in [5.74, 6) is 0.746. The van der Waals surface area contributed by atoms with Crippen molar-refractivity contribution in [1.29, 1.82) is 0 Å². The minimum absolute atomic E-state index is 0. The highest BCUT2D eigenvalue weighted by molar-refractivity contribution is 7.89. The van der Waals surface area contributed by atoms with Gasteiger partial charge in [-0.1, -0.05) is 6.07 Å². The summed E-state index contributed by atoms with van der Waals surface area (Å²) in [6, 6.07) is 4.99. The van der Waals surface area contributed by atoms with Crippen molar-refractivity contribution < 1.29 is 8.42 Å². The van der Waals surface area contributed by atoms with Gasteiger partial charge in [0.05, 0.1) is 10.9 Å². The summed E-state index contributed by atoms with van der Waals surface area (Å²) in [6.07, 6.45) is 3.54. The molecule has 1 unspecified atom stereocenters. The lowest BCUT2D eigenvalue weighted by Crippen LogP contribution is -2.49. The standard InChI is InChI=1S/C17H25N5O2S.ClH/c1-13-5-6-14(11-15(13)20(2)3)25(23,24)22-10-7-18-12-16(22)17-19-8-9-21(17)4;/h5-6,8-9,11,16,18H,7,10,12H2,1-4H3;1H. The predicted octanol–water partition coefficient (Wildman–Crippen LogP) is 1.55. The summed E-state index contributed by atoms with van der Waals surface area (Å²) >= 11 is 0. The van der Waals surface area contributed by atoms with Crippen molar-refractivity contribution >= 4 is 28.1 Å². The van der Waals surface area contributed by atoms with Gasteiger partial charge in [-0.2, -0.15) is 4.31 Å². The molecule has 3 rings (SSSR count). The Morgan fingerprint density at radius 3 is 2.65 bits per heavy atom. The van der Waals surface area contributed by atoms with Gasteiger partial charge in [0.15, 0.2) is 0 Å². The van der Waals surface area contributed by atoms with Gasteiger partial charge in [0.2, 0.25) is 10.0 Å². The number of nitrogens with one attached hydrogen (secondary N) is 1. The Morgan fingerprint density at radius 1 is 1.31 bits per heavy atom. The van der Waals surface area contributed by atoms with Gasteiger partial charge in [0.1, 0.15) is 5.82 Å². The third-order valence-electron chi connectivity index (χ3n) is 4.62. The summed E-state index contributed by atoms with van der Waals surface area (Å²) in [5, 5.41) is 3.27. The van der Waals surface area contributed by atoms with Crippen LogP contribution in [0.3, 0.4) is 0 Å². The number of sulfonamides is 1. The second-order valence-corrected chi connectivity index (χ2v) is 8.47. The average Bonchev–Trinajstić information content (AvgIpc) is 3.00. The molecule has 0 radical (unpaired) electrons. The molecule has 7 nitrogen and oxygen atoms in total. The zero-order valence-corrected chi connectivity index (χ0v) is 17.1. The van der Waals surface area contributed by atoms with Gasteiger partial charge in [-0.3, -0.25) is 0 Å². The fourth-order valence-electron chi connectivity index (χ4n) is 3.26. The van der Waals surface area contributed by atoms with Crippen LogP contribution in [0.15, 0.2) is 35.5 Å². The molecule has 144 valence electrons. The van der Waals surface area contributed by atoms with Crippen molar-refractivity contribution in [2.24, 2.45) is 7.05 Å². The summed E-state index contributed by atoms with van der Waals surface area (Å²) in [7, 11) is 2.11. The molecule has 0 aliphatic carbocycles. The molecule has 1 aromatic carbocycles. The molecule has 1 fully saturated rings. The van der Waals surface area contributed by atoms with E-state index in [9.17, 15) is 8.42 Å². The van der Waals surface area contributed by atoms with E-state index in [4.69, 9.17) is 0 Å². The van der Waals surface area contributed by atoms with Crippen LogP contribution in [0.25, 0.3) is 0 Å². The van der Waals surface area contributed by atoms with Crippen molar-refractivity contribution in [1.82, 2.24) is 19.2 Å². The highest BCUT2D eigenvalue weighted by Gasteiger charge is 2.36. The molecular weight excluding hydrogens is 374 g/mol. The molecule has 1 aromatic heterocycles. The van der Waals surface area contributed by atoms with E-state index in [1.807, 2.05) is 49.8 Å². The number of piperazine rings is 1. The Labute approximate surface area is 161 Å². The van der Waals surface area contributed by atoms with E-state index in [0.29, 0.717) is 24.5 Å². The Kier molecular flexibility index (Phi) is 6.33. The third kappa shape index (κ3) is 3.73. The molecule has 0 amide bonds. The van der Waals surface area contributed by atoms with E-state index in [0.717, 1.165) is 17.1 Å². The second-order valence-electron chi connectivity index (χ2n) is 6.57. The Bertz CT molecular complexity index is 866. The van der Waals surface area contributed by atoms with Crippen molar-refractivity contribution in [3.05, 3.63) is 42.0 Å². The lowest BCUT2D eigenvalue weighted by atomic mass is 10.2. The molecule has 1 saturated heterocycles. The van der Waals surface area contributed by atoms with E-state index < -0.39 is 10.0 Å². The van der Waals surface area contributed by atoms with Gasteiger partial charge in [0.25, 0.3) is 0 Å². The van der Waals surface area contributed by atoms with Gasteiger partial charge >= 0.3 is 0 Å². The molecule has 0 spiro atoms. The first-order valence-corrected chi connectivity index (χ1v) is 9.74. The molecule has 2 aromatic rings. The topological polar surface area (TPSA) is 70.5 Å². The number of hydrogen-bond donors (Lipinski definition) is 1. The lowest BCUT2D eigenvalue weighted by Gasteiger charge is -2.34. The number of benzene rings is 1. The fraction of sp³-hybridized carbons (Fsp3) is 0.471. The first-order chi connectivity index (χ1) is 11.8. The van der Waals surface area contributed by atoms with E-state index in [1.165, 1.54) is 0 Å². The first-order valence-electron chi connectivity index (χ1n) is 8.30. The Hall–Kier alpha value is -1.61. The SMILES string of the molecule is Cc1ccc(S(=O)(=O)N2CCNCC2c2nccn2C)cc1N(C)C.Cl. The van der Waals surface area contributed by atoms with Crippen LogP contribution in [-0.4, -0.2) is 56.0 Å². The zero-order chi connectivity index (χ0) is 18.2. The minimum Gasteiger partial charge on any atom is -0.377 e. The largest absolute Gasteiger partial charge is 0.377 e. The molecule has 1 atom stereocenters. The van der Waals surface area contributed by atoms with Crippen LogP contribution in [0.5, 0.6) is 0 Å². The first kappa shape index (κ1) is 20.7. The molecule has 1 aliphatic rings. The number of aryl methyl sites for hydroxylation is 2. The average molecular weight is 400 g/mol. The lowest BCUT2D eigenvalue weighted by molar-refractivity contribution is 0.258. The number of aromatic nitrogens is 2. The van der Waals surface area contributed by atoms with Gasteiger partial charge in [-0.05, 0) is 24.6 Å². The normalized spacial score (nSPS) is 18.4. The molecule has 9 heteroatoms. The van der Waals surface area contributed by atoms with Crippen LogP contribution in [0.4, 0.5) is 5.69 Å². The number of hydrogen-bond acceptors (Lipinski definition) is 5. The molecular formula is C17H26ClN5O2S. The van der Waals surface area contributed by atoms with Crippen LogP contribution in [0.1, 0.15) is 17.4 Å². The Morgan fingerprint density at radius 2 is 2.04 bits per heavy atom. The molecule has 0 bridgehead atoms. The number of halogens is 1. The Balaban J connectivity index is 0.00000243. The molecule has 1 N–H and O–H groups in total. The highest BCUT2D eigenvalue weighted by atomic mass is 35.5. The van der Waals surface area contributed by atoms with Crippen molar-refractivity contribution in [3.63, 3.8) is 0 Å². The third-order valence-corrected chi connectivity index (χ3v) is 6.52. The van der Waals surface area contributed by atoms with Crippen LogP contribution in [0, 0.1) is 6.92 Å². The quantitative estimate of drug-likeness (QED) is 0.844. The van der Waals surface area contributed by atoms with Crippen LogP contribution in [0.2, 0.25) is 0 Å². The number of imidazole rings is 1. The second kappa shape index (κ2) is 7.96. The monoisotopic (exact) mass is 399 g/mol. The molecule has 0 saturated carbocycles. The maximum atomic E-state index is 13.3. The number of rotatable bonds is 4. The van der Waals surface area contributed by atoms with Crippen LogP contribution < -0.4 is 10.2 Å². The maximum absolute atomic E-state index is 13.3. The van der Waals surface area contributed by atoms with Crippen molar-refractivity contribution in [2.45, 2.75) is 17.9 Å². The summed E-state index contributed by atoms with van der Waals surface area (Å²) in [5.41, 5.74) is 1.95. The molecule has 2 heterocycles. The van der Waals surface area contributed by atoms with Gasteiger partial charge in [-0.25, -0.2) is 13.4 Å². The smallest absolute Gasteiger partial charge is 0.243 e. The van der Waals surface area contributed by atoms with Gasteiger partial charge in [0, 0.05) is 58.9 Å². The maximum Gasteiger partial charge on any atom is 0.243 e. The summed E-state index contributed by atoms with van der Waals surface area (Å²) in [4.78, 5) is 6.62. The van der Waals surface area contributed by atoms with Crippen LogP contribution >= 0.6 is 12.4 Å². The number of nitrogens with zero attached hydrogens (tertiary/aromatic N) is 4. The van der Waals surface area contributed by atoms with E-state index in [-0.39, 0.29) is 18.4 Å². The van der Waals surface area contributed by atoms with Crippen molar-refractivity contribution in [2.75, 3.05) is 38.6 Å². The fourth-order valence-corrected chi connectivity index (χ4v) is 4.87. The zero-order valence-electron chi connectivity index (χ0n) is 15.5. The van der Waals surface area contributed by atoms with Gasteiger partial charge in [-0.15, -0.1) is 12.4 Å². The van der Waals surface area contributed by atoms with Crippen molar-refractivity contribution in [3.8, 4) is 0 Å². The van der Waals surface area contributed by atoms with E-state index in [2.05, 4.69) is 10.3 Å². The highest BCUT2D eigenvalue weighted by Crippen LogP contribution is 2.30.